The number of nitrogens with one attached hydrogen (secondary N) is 1. The minimum atomic E-state index is 0. The summed E-state index contributed by atoms with van der Waals surface area (Å²) in [6.45, 7) is 0. The van der Waals surface area contributed by atoms with Crippen LogP contribution in [-0.2, 0) is 53.8 Å². The smallest absolute Gasteiger partial charge is 0.358 e. The van der Waals surface area contributed by atoms with Crippen LogP contribution in [0.25, 0.3) is 0 Å². The van der Waals surface area contributed by atoms with Crippen LogP contribution in [0.2, 0.25) is 0 Å². The third-order valence-electron chi connectivity index (χ3n) is 0.743. The van der Waals surface area contributed by atoms with Gasteiger partial charge in [0.1, 0.15) is 0 Å². The van der Waals surface area contributed by atoms with Crippen molar-refractivity contribution in [2.45, 2.75) is 0 Å². The van der Waals surface area contributed by atoms with Gasteiger partial charge in [-0.3, -0.25) is 10.8 Å². The Morgan fingerprint density at radius 2 is 2.18 bits per heavy atom. The Kier molecular flexibility index (Phi) is 17.2. The van der Waals surface area contributed by atoms with Gasteiger partial charge >= 0.3 is 21.1 Å². The topological polar surface area (TPSA) is 50.9 Å². The summed E-state index contributed by atoms with van der Waals surface area (Å²) in [5, 5.41) is 0. The number of aromatic nitrogens is 1. The van der Waals surface area contributed by atoms with E-state index in [1.807, 2.05) is 0 Å². The molecule has 0 spiro atoms. The van der Waals surface area contributed by atoms with Gasteiger partial charge in [0.05, 0.1) is 0 Å². The molecule has 11 heavy (non-hydrogen) atoms. The average molecular weight is 396 g/mol. The predicted octanol–water partition coefficient (Wildman–Crippen LogP) is 0.613. The van der Waals surface area contributed by atoms with E-state index in [1.165, 1.54) is 0 Å². The second-order valence-corrected chi connectivity index (χ2v) is 1.27. The summed E-state index contributed by atoms with van der Waals surface area (Å²) in [7, 11) is 0. The number of rotatable bonds is 1. The molecule has 0 amide bonds. The van der Waals surface area contributed by atoms with E-state index in [0.717, 1.165) is 0 Å². The first kappa shape index (κ1) is 17.7. The Morgan fingerprint density at radius 1 is 1.55 bits per heavy atom. The molecule has 0 atom stereocenters. The van der Waals surface area contributed by atoms with Gasteiger partial charge < -0.3 is 12.9 Å². The number of hydrogen-bond donors (Lipinski definition) is 2. The minimum Gasteiger partial charge on any atom is -0.358 e. The van der Waals surface area contributed by atoms with Crippen molar-refractivity contribution in [1.82, 2.24) is 4.98 Å². The van der Waals surface area contributed by atoms with Crippen LogP contribution in [0, 0.1) is 13.5 Å². The number of hydrazine groups is 1. The SMILES string of the molecule is NNc1[c-]cccn1.[CH3-].[W+2].[Y]. The van der Waals surface area contributed by atoms with Gasteiger partial charge in [-0.05, 0) is 0 Å². The van der Waals surface area contributed by atoms with Crippen LogP contribution in [0.5, 0.6) is 0 Å². The van der Waals surface area contributed by atoms with Gasteiger partial charge in [0.25, 0.3) is 0 Å². The van der Waals surface area contributed by atoms with Gasteiger partial charge in [-0.15, -0.1) is 0 Å². The number of nitrogen functional groups attached to an aromatic ring is 1. The van der Waals surface area contributed by atoms with E-state index in [-0.39, 0.29) is 61.2 Å². The molecule has 1 rings (SSSR count). The maximum Gasteiger partial charge on any atom is 2.00 e. The number of nitrogens with zero attached hydrogens (tertiary/aromatic N) is 1. The van der Waals surface area contributed by atoms with Crippen LogP contribution in [0.3, 0.4) is 0 Å². The molecule has 1 aromatic heterocycles. The normalized spacial score (nSPS) is 6.27. The molecule has 0 bridgehead atoms. The summed E-state index contributed by atoms with van der Waals surface area (Å²) in [6.07, 6.45) is 1.64. The first-order valence-corrected chi connectivity index (χ1v) is 2.23. The molecule has 5 heteroatoms. The van der Waals surface area contributed by atoms with E-state index in [0.29, 0.717) is 5.82 Å². The first-order valence-electron chi connectivity index (χ1n) is 2.23. The summed E-state index contributed by atoms with van der Waals surface area (Å²) in [5.41, 5.74) is 2.36. The van der Waals surface area contributed by atoms with Crippen LogP contribution in [0.4, 0.5) is 5.82 Å². The van der Waals surface area contributed by atoms with Gasteiger partial charge in [0.15, 0.2) is 0 Å². The molecule has 1 radical (unpaired) electrons. The Morgan fingerprint density at radius 3 is 2.45 bits per heavy atom. The van der Waals surface area contributed by atoms with E-state index in [2.05, 4.69) is 16.5 Å². The molecule has 0 fully saturated rings. The quantitative estimate of drug-likeness (QED) is 0.416. The molecule has 1 heterocycles. The standard InChI is InChI=1S/C5H6N3.CH3.W.Y/c6-8-5-3-1-2-4-7-5;;;/h1-2,4H,6H2,(H,7,8);1H3;;/q2*-1;+2;. The van der Waals surface area contributed by atoms with Gasteiger partial charge in [0.2, 0.25) is 0 Å². The number of anilines is 1. The summed E-state index contributed by atoms with van der Waals surface area (Å²) in [6, 6.07) is 6.29. The van der Waals surface area contributed by atoms with Crippen LogP contribution in [0.15, 0.2) is 18.3 Å². The molecule has 1 aromatic rings. The number of hydrogen-bond acceptors (Lipinski definition) is 3. The predicted molar refractivity (Wildman–Crippen MR) is 37.3 cm³/mol. The van der Waals surface area contributed by atoms with Crippen LogP contribution in [-0.4, -0.2) is 4.98 Å². The van der Waals surface area contributed by atoms with Crippen molar-refractivity contribution < 1.29 is 53.8 Å². The van der Waals surface area contributed by atoms with Gasteiger partial charge in [-0.25, -0.2) is 12.1 Å². The fourth-order valence-corrected chi connectivity index (χ4v) is 0.404. The summed E-state index contributed by atoms with van der Waals surface area (Å²) in [4.78, 5) is 3.81. The maximum absolute atomic E-state index is 5.01. The van der Waals surface area contributed by atoms with Crippen molar-refractivity contribution in [2.24, 2.45) is 5.84 Å². The van der Waals surface area contributed by atoms with E-state index in [9.17, 15) is 0 Å². The summed E-state index contributed by atoms with van der Waals surface area (Å²) < 4.78 is 0. The van der Waals surface area contributed by atoms with Crippen molar-refractivity contribution in [2.75, 3.05) is 5.43 Å². The number of nitrogens with two attached hydrogens (primary N) is 1. The average Bonchev–Trinajstić information content (AvgIpc) is 1.90. The molecule has 0 aliphatic carbocycles. The van der Waals surface area contributed by atoms with Crippen molar-refractivity contribution in [3.05, 3.63) is 31.8 Å². The molecule has 0 unspecified atom stereocenters. The minimum absolute atomic E-state index is 0. The van der Waals surface area contributed by atoms with Crippen molar-refractivity contribution >= 4 is 5.82 Å². The molecule has 0 saturated carbocycles. The fraction of sp³-hybridized carbons (Fsp3) is 0. The largest absolute Gasteiger partial charge is 2.00 e. The monoisotopic (exact) mass is 396 g/mol. The van der Waals surface area contributed by atoms with Crippen molar-refractivity contribution in [1.29, 1.82) is 0 Å². The molecule has 0 saturated heterocycles. The van der Waals surface area contributed by atoms with E-state index < -0.39 is 0 Å². The Balaban J connectivity index is -0.000000213. The molecular formula is C6H9N3WY. The van der Waals surface area contributed by atoms with Crippen LogP contribution < -0.4 is 11.3 Å². The zero-order valence-corrected chi connectivity index (χ0v) is 12.0. The third kappa shape index (κ3) is 7.08. The fourth-order valence-electron chi connectivity index (χ4n) is 0.404. The van der Waals surface area contributed by atoms with Gasteiger partial charge in [0, 0.05) is 38.5 Å². The van der Waals surface area contributed by atoms with Crippen molar-refractivity contribution in [3.8, 4) is 0 Å². The molecule has 0 aliphatic rings. The van der Waals surface area contributed by atoms with E-state index >= 15 is 0 Å². The molecule has 57 valence electrons. The first-order chi connectivity index (χ1) is 3.93. The Bertz CT molecular complexity index is 159. The van der Waals surface area contributed by atoms with Crippen LogP contribution >= 0.6 is 0 Å². The molecule has 0 aliphatic heterocycles. The van der Waals surface area contributed by atoms with Crippen LogP contribution in [0.1, 0.15) is 0 Å². The number of pyridine rings is 1. The molecular weight excluding hydrogens is 387 g/mol. The van der Waals surface area contributed by atoms with Gasteiger partial charge in [-0.1, -0.05) is 6.20 Å². The summed E-state index contributed by atoms with van der Waals surface area (Å²) in [5.74, 6) is 5.57. The van der Waals surface area contributed by atoms with E-state index in [1.54, 1.807) is 18.3 Å². The van der Waals surface area contributed by atoms with Gasteiger partial charge in [-0.2, -0.15) is 6.07 Å². The second kappa shape index (κ2) is 10.7. The molecule has 3 nitrogen and oxygen atoms in total. The third-order valence-corrected chi connectivity index (χ3v) is 0.743. The second-order valence-electron chi connectivity index (χ2n) is 1.27. The Hall–Kier alpha value is 0.702. The van der Waals surface area contributed by atoms with E-state index in [4.69, 9.17) is 5.84 Å². The zero-order chi connectivity index (χ0) is 5.82. The molecule has 3 N–H and O–H groups in total. The zero-order valence-electron chi connectivity index (χ0n) is 6.24. The van der Waals surface area contributed by atoms with Crippen molar-refractivity contribution in [3.63, 3.8) is 0 Å². The maximum atomic E-state index is 5.01. The molecule has 0 aromatic carbocycles. The Labute approximate surface area is 107 Å². The summed E-state index contributed by atoms with van der Waals surface area (Å²) >= 11 is 0.